The molecule has 31 heavy (non-hydrogen) atoms. The van der Waals surface area contributed by atoms with E-state index in [-0.39, 0.29) is 0 Å². The molecule has 0 radical (unpaired) electrons. The minimum absolute atomic E-state index is 0.966. The van der Waals surface area contributed by atoms with E-state index in [0.29, 0.717) is 0 Å². The van der Waals surface area contributed by atoms with Crippen molar-refractivity contribution >= 4 is 5.97 Å². The maximum Gasteiger partial charge on any atom is 0.490 e. The minimum atomic E-state index is -5.08. The second-order valence-electron chi connectivity index (χ2n) is 6.94. The lowest BCUT2D eigenvalue weighted by atomic mass is 10.2. The zero-order valence-corrected chi connectivity index (χ0v) is 17.6. The second kappa shape index (κ2) is 16.3. The fourth-order valence-electron chi connectivity index (χ4n) is 2.62. The SMILES string of the molecule is O=C(O)C(F)(F)F.c1ccc(CNCCCCNCCCNCc2ccccc2)cc1. The Labute approximate surface area is 182 Å². The van der Waals surface area contributed by atoms with Crippen molar-refractivity contribution in [2.24, 2.45) is 0 Å². The molecule has 0 unspecified atom stereocenters. The molecule has 0 saturated heterocycles. The van der Waals surface area contributed by atoms with Crippen LogP contribution in [0.25, 0.3) is 0 Å². The Bertz CT molecular complexity index is 649. The third-order valence-electron chi connectivity index (χ3n) is 4.25. The van der Waals surface area contributed by atoms with Gasteiger partial charge in [-0.15, -0.1) is 0 Å². The molecule has 0 bridgehead atoms. The summed E-state index contributed by atoms with van der Waals surface area (Å²) in [4.78, 5) is 8.90. The Hall–Kier alpha value is -2.42. The average molecular weight is 440 g/mol. The van der Waals surface area contributed by atoms with E-state index in [9.17, 15) is 13.2 Å². The number of halogens is 3. The molecule has 0 saturated carbocycles. The molecule has 2 aromatic carbocycles. The van der Waals surface area contributed by atoms with Crippen molar-refractivity contribution in [1.29, 1.82) is 0 Å². The molecule has 0 atom stereocenters. The molecule has 0 heterocycles. The van der Waals surface area contributed by atoms with Crippen LogP contribution in [0.4, 0.5) is 13.2 Å². The van der Waals surface area contributed by atoms with Gasteiger partial charge in [0.05, 0.1) is 0 Å². The topological polar surface area (TPSA) is 73.4 Å². The molecule has 0 aromatic heterocycles. The molecular formula is C23H32F3N3O2. The lowest BCUT2D eigenvalue weighted by Crippen LogP contribution is -2.23. The fraction of sp³-hybridized carbons (Fsp3) is 0.435. The molecule has 2 rings (SSSR count). The number of rotatable bonds is 13. The van der Waals surface area contributed by atoms with Gasteiger partial charge in [0.25, 0.3) is 0 Å². The molecule has 4 N–H and O–H groups in total. The minimum Gasteiger partial charge on any atom is -0.475 e. The van der Waals surface area contributed by atoms with Crippen molar-refractivity contribution < 1.29 is 23.1 Å². The Morgan fingerprint density at radius 1 is 0.677 bits per heavy atom. The van der Waals surface area contributed by atoms with E-state index in [1.807, 2.05) is 0 Å². The van der Waals surface area contributed by atoms with Gasteiger partial charge in [-0.05, 0) is 56.6 Å². The van der Waals surface area contributed by atoms with Gasteiger partial charge in [-0.25, -0.2) is 4.79 Å². The van der Waals surface area contributed by atoms with Crippen molar-refractivity contribution in [2.45, 2.75) is 38.5 Å². The normalized spacial score (nSPS) is 10.9. The summed E-state index contributed by atoms with van der Waals surface area (Å²) < 4.78 is 31.7. The first-order chi connectivity index (χ1) is 14.9. The molecule has 172 valence electrons. The summed E-state index contributed by atoms with van der Waals surface area (Å²) in [5, 5.41) is 17.6. The van der Waals surface area contributed by atoms with Gasteiger partial charge in [0.1, 0.15) is 0 Å². The summed E-state index contributed by atoms with van der Waals surface area (Å²) in [6, 6.07) is 21.2. The number of aliphatic carboxylic acids is 1. The molecule has 8 heteroatoms. The van der Waals surface area contributed by atoms with Crippen LogP contribution in [0, 0.1) is 0 Å². The van der Waals surface area contributed by atoms with Gasteiger partial charge >= 0.3 is 12.1 Å². The second-order valence-corrected chi connectivity index (χ2v) is 6.94. The van der Waals surface area contributed by atoms with E-state index in [2.05, 4.69) is 76.6 Å². The Morgan fingerprint density at radius 3 is 1.45 bits per heavy atom. The number of unbranched alkanes of at least 4 members (excludes halogenated alkanes) is 1. The highest BCUT2D eigenvalue weighted by Crippen LogP contribution is 2.13. The summed E-state index contributed by atoms with van der Waals surface area (Å²) in [6.45, 7) is 6.32. The average Bonchev–Trinajstić information content (AvgIpc) is 2.76. The zero-order valence-electron chi connectivity index (χ0n) is 17.6. The summed E-state index contributed by atoms with van der Waals surface area (Å²) in [7, 11) is 0. The first-order valence-corrected chi connectivity index (χ1v) is 10.4. The van der Waals surface area contributed by atoms with E-state index in [4.69, 9.17) is 9.90 Å². The Kier molecular flexibility index (Phi) is 14.0. The van der Waals surface area contributed by atoms with Crippen molar-refractivity contribution in [1.82, 2.24) is 16.0 Å². The maximum atomic E-state index is 10.6. The highest BCUT2D eigenvalue weighted by molar-refractivity contribution is 5.73. The third kappa shape index (κ3) is 15.1. The zero-order chi connectivity index (χ0) is 22.8. The molecular weight excluding hydrogens is 407 g/mol. The number of benzene rings is 2. The molecule has 2 aromatic rings. The van der Waals surface area contributed by atoms with Crippen LogP contribution in [0.3, 0.4) is 0 Å². The standard InChI is InChI=1S/C21H31N3.C2HF3O2/c1-3-10-20(11-4-1)18-23-15-8-7-14-22-16-9-17-24-19-21-12-5-2-6-13-21;3-2(4,5)1(6)7/h1-6,10-13,22-24H,7-9,14-19H2;(H,6,7). The highest BCUT2D eigenvalue weighted by atomic mass is 19.4. The first kappa shape index (κ1) is 26.6. The number of alkyl halides is 3. The number of nitrogens with one attached hydrogen (secondary N) is 3. The smallest absolute Gasteiger partial charge is 0.475 e. The predicted octanol–water partition coefficient (Wildman–Crippen LogP) is 3.96. The summed E-state index contributed by atoms with van der Waals surface area (Å²) >= 11 is 0. The van der Waals surface area contributed by atoms with Crippen molar-refractivity contribution in [3.8, 4) is 0 Å². The number of carboxylic acids is 1. The largest absolute Gasteiger partial charge is 0.490 e. The van der Waals surface area contributed by atoms with Crippen LogP contribution in [0.2, 0.25) is 0 Å². The van der Waals surface area contributed by atoms with Gasteiger partial charge in [-0.1, -0.05) is 60.7 Å². The quantitative estimate of drug-likeness (QED) is 0.356. The summed E-state index contributed by atoms with van der Waals surface area (Å²) in [5.74, 6) is -2.76. The number of hydrogen-bond donors (Lipinski definition) is 4. The monoisotopic (exact) mass is 439 g/mol. The molecule has 0 aliphatic rings. The maximum absolute atomic E-state index is 10.6. The van der Waals surface area contributed by atoms with Gasteiger partial charge in [-0.2, -0.15) is 13.2 Å². The van der Waals surface area contributed by atoms with E-state index in [1.54, 1.807) is 0 Å². The Balaban J connectivity index is 0.000000592. The predicted molar refractivity (Wildman–Crippen MR) is 117 cm³/mol. The Morgan fingerprint density at radius 2 is 1.03 bits per heavy atom. The number of carboxylic acid groups (broad SMARTS) is 1. The van der Waals surface area contributed by atoms with Crippen molar-refractivity contribution in [3.63, 3.8) is 0 Å². The van der Waals surface area contributed by atoms with Crippen LogP contribution >= 0.6 is 0 Å². The lowest BCUT2D eigenvalue weighted by Gasteiger charge is -2.07. The lowest BCUT2D eigenvalue weighted by molar-refractivity contribution is -0.192. The van der Waals surface area contributed by atoms with Crippen molar-refractivity contribution in [3.05, 3.63) is 71.8 Å². The number of hydrogen-bond acceptors (Lipinski definition) is 4. The van der Waals surface area contributed by atoms with E-state index >= 15 is 0 Å². The van der Waals surface area contributed by atoms with Crippen LogP contribution in [0.15, 0.2) is 60.7 Å². The molecule has 5 nitrogen and oxygen atoms in total. The van der Waals surface area contributed by atoms with Crippen LogP contribution in [0.5, 0.6) is 0 Å². The molecule has 0 amide bonds. The van der Waals surface area contributed by atoms with Gasteiger partial charge in [-0.3, -0.25) is 0 Å². The van der Waals surface area contributed by atoms with Crippen LogP contribution < -0.4 is 16.0 Å². The number of carbonyl (C=O) groups is 1. The molecule has 0 aliphatic carbocycles. The first-order valence-electron chi connectivity index (χ1n) is 10.4. The molecule has 0 fully saturated rings. The van der Waals surface area contributed by atoms with E-state index in [1.165, 1.54) is 30.4 Å². The fourth-order valence-corrected chi connectivity index (χ4v) is 2.62. The third-order valence-corrected chi connectivity index (χ3v) is 4.25. The van der Waals surface area contributed by atoms with E-state index in [0.717, 1.165) is 39.3 Å². The van der Waals surface area contributed by atoms with Gasteiger partial charge < -0.3 is 21.1 Å². The summed E-state index contributed by atoms with van der Waals surface area (Å²) in [6.07, 6.45) is -1.44. The highest BCUT2D eigenvalue weighted by Gasteiger charge is 2.38. The van der Waals surface area contributed by atoms with E-state index < -0.39 is 12.1 Å². The van der Waals surface area contributed by atoms with Gasteiger partial charge in [0.15, 0.2) is 0 Å². The van der Waals surface area contributed by atoms with Crippen molar-refractivity contribution in [2.75, 3.05) is 26.2 Å². The van der Waals surface area contributed by atoms with Crippen LogP contribution in [-0.2, 0) is 17.9 Å². The van der Waals surface area contributed by atoms with Gasteiger partial charge in [0, 0.05) is 13.1 Å². The molecule has 0 aliphatic heterocycles. The van der Waals surface area contributed by atoms with Crippen LogP contribution in [-0.4, -0.2) is 43.4 Å². The van der Waals surface area contributed by atoms with Crippen LogP contribution in [0.1, 0.15) is 30.4 Å². The van der Waals surface area contributed by atoms with Gasteiger partial charge in [0.2, 0.25) is 0 Å². The summed E-state index contributed by atoms with van der Waals surface area (Å²) in [5.41, 5.74) is 2.71. The molecule has 0 spiro atoms.